The SMILES string of the molecule is COc1ccc(CCNC(=O)CN2CC(c3nc(-c4ncccn4)no3)C2)cc1OC. The van der Waals surface area contributed by atoms with E-state index in [-0.39, 0.29) is 11.8 Å². The zero-order valence-electron chi connectivity index (χ0n) is 17.4. The lowest BCUT2D eigenvalue weighted by Crippen LogP contribution is -2.49. The third kappa shape index (κ3) is 4.97. The summed E-state index contributed by atoms with van der Waals surface area (Å²) in [5.41, 5.74) is 1.07. The molecule has 1 fully saturated rings. The summed E-state index contributed by atoms with van der Waals surface area (Å²) < 4.78 is 15.9. The minimum atomic E-state index is -0.0113. The van der Waals surface area contributed by atoms with Crippen molar-refractivity contribution in [1.29, 1.82) is 0 Å². The van der Waals surface area contributed by atoms with E-state index >= 15 is 0 Å². The molecule has 10 nitrogen and oxygen atoms in total. The van der Waals surface area contributed by atoms with Crippen LogP contribution in [0.25, 0.3) is 11.6 Å². The van der Waals surface area contributed by atoms with Gasteiger partial charge < -0.3 is 19.3 Å². The predicted molar refractivity (Wildman–Crippen MR) is 111 cm³/mol. The van der Waals surface area contributed by atoms with Gasteiger partial charge in [-0.3, -0.25) is 9.69 Å². The van der Waals surface area contributed by atoms with E-state index in [1.165, 1.54) is 0 Å². The van der Waals surface area contributed by atoms with Crippen LogP contribution < -0.4 is 14.8 Å². The number of benzene rings is 1. The number of methoxy groups -OCH3 is 2. The van der Waals surface area contributed by atoms with Crippen LogP contribution in [0.2, 0.25) is 0 Å². The summed E-state index contributed by atoms with van der Waals surface area (Å²) >= 11 is 0. The molecule has 0 radical (unpaired) electrons. The molecule has 10 heteroatoms. The zero-order chi connectivity index (χ0) is 21.6. The van der Waals surface area contributed by atoms with E-state index in [2.05, 4.69) is 25.4 Å². The van der Waals surface area contributed by atoms with Gasteiger partial charge in [-0.25, -0.2) is 9.97 Å². The molecule has 1 aromatic carbocycles. The summed E-state index contributed by atoms with van der Waals surface area (Å²) in [5, 5.41) is 6.90. The lowest BCUT2D eigenvalue weighted by atomic mass is 10.0. The van der Waals surface area contributed by atoms with Gasteiger partial charge in [0.1, 0.15) is 0 Å². The van der Waals surface area contributed by atoms with Gasteiger partial charge in [0.25, 0.3) is 0 Å². The van der Waals surface area contributed by atoms with Crippen molar-refractivity contribution in [2.45, 2.75) is 12.3 Å². The number of carbonyl (C=O) groups excluding carboxylic acids is 1. The molecule has 0 saturated carbocycles. The van der Waals surface area contributed by atoms with Crippen LogP contribution in [0, 0.1) is 0 Å². The Morgan fingerprint density at radius 2 is 1.94 bits per heavy atom. The Hall–Kier alpha value is -3.53. The average Bonchev–Trinajstić information content (AvgIpc) is 3.26. The van der Waals surface area contributed by atoms with E-state index in [0.29, 0.717) is 61.6 Å². The molecule has 0 spiro atoms. The first-order valence-corrected chi connectivity index (χ1v) is 9.97. The highest BCUT2D eigenvalue weighted by atomic mass is 16.5. The monoisotopic (exact) mass is 424 g/mol. The average molecular weight is 424 g/mol. The first-order valence-electron chi connectivity index (χ1n) is 9.97. The summed E-state index contributed by atoms with van der Waals surface area (Å²) in [4.78, 5) is 26.9. The molecule has 1 aliphatic rings. The van der Waals surface area contributed by atoms with E-state index in [1.807, 2.05) is 23.1 Å². The van der Waals surface area contributed by atoms with Gasteiger partial charge >= 0.3 is 0 Å². The second-order valence-corrected chi connectivity index (χ2v) is 7.21. The van der Waals surface area contributed by atoms with Crippen LogP contribution in [0.5, 0.6) is 11.5 Å². The second kappa shape index (κ2) is 9.52. The molecule has 0 bridgehead atoms. The summed E-state index contributed by atoms with van der Waals surface area (Å²) in [6.07, 6.45) is 3.97. The number of aromatic nitrogens is 4. The lowest BCUT2D eigenvalue weighted by molar-refractivity contribution is -0.123. The molecule has 0 atom stereocenters. The van der Waals surface area contributed by atoms with Crippen molar-refractivity contribution < 1.29 is 18.8 Å². The minimum absolute atomic E-state index is 0.0113. The number of amides is 1. The Balaban J connectivity index is 1.19. The van der Waals surface area contributed by atoms with Crippen LogP contribution in [0.3, 0.4) is 0 Å². The second-order valence-electron chi connectivity index (χ2n) is 7.21. The molecule has 3 aromatic rings. The largest absolute Gasteiger partial charge is 0.493 e. The maximum Gasteiger partial charge on any atom is 0.240 e. The molecule has 3 heterocycles. The molecule has 1 saturated heterocycles. The van der Waals surface area contributed by atoms with E-state index in [4.69, 9.17) is 14.0 Å². The van der Waals surface area contributed by atoms with Crippen LogP contribution in [-0.2, 0) is 11.2 Å². The molecule has 1 amide bonds. The van der Waals surface area contributed by atoms with Crippen molar-refractivity contribution in [2.24, 2.45) is 0 Å². The van der Waals surface area contributed by atoms with Crippen LogP contribution in [0.4, 0.5) is 0 Å². The highest BCUT2D eigenvalue weighted by Gasteiger charge is 2.33. The highest BCUT2D eigenvalue weighted by Crippen LogP contribution is 2.28. The third-order valence-corrected chi connectivity index (χ3v) is 5.06. The van der Waals surface area contributed by atoms with Crippen molar-refractivity contribution in [2.75, 3.05) is 40.4 Å². The van der Waals surface area contributed by atoms with Crippen molar-refractivity contribution >= 4 is 5.91 Å². The van der Waals surface area contributed by atoms with Gasteiger partial charge in [-0.1, -0.05) is 11.2 Å². The maximum atomic E-state index is 12.2. The molecule has 2 aromatic heterocycles. The Kier molecular flexibility index (Phi) is 6.37. The fraction of sp³-hybridized carbons (Fsp3) is 0.381. The summed E-state index contributed by atoms with van der Waals surface area (Å²) in [7, 11) is 3.21. The number of nitrogens with zero attached hydrogens (tertiary/aromatic N) is 5. The third-order valence-electron chi connectivity index (χ3n) is 5.06. The van der Waals surface area contributed by atoms with Gasteiger partial charge in [0.05, 0.1) is 26.7 Å². The lowest BCUT2D eigenvalue weighted by Gasteiger charge is -2.36. The Morgan fingerprint density at radius 3 is 2.68 bits per heavy atom. The highest BCUT2D eigenvalue weighted by molar-refractivity contribution is 5.78. The predicted octanol–water partition coefficient (Wildman–Crippen LogP) is 1.30. The fourth-order valence-corrected chi connectivity index (χ4v) is 3.40. The maximum absolute atomic E-state index is 12.2. The van der Waals surface area contributed by atoms with Gasteiger partial charge in [0.2, 0.25) is 23.4 Å². The van der Waals surface area contributed by atoms with E-state index < -0.39 is 0 Å². The van der Waals surface area contributed by atoms with Crippen LogP contribution in [-0.4, -0.2) is 71.3 Å². The van der Waals surface area contributed by atoms with Gasteiger partial charge in [-0.2, -0.15) is 4.98 Å². The summed E-state index contributed by atoms with van der Waals surface area (Å²) in [6, 6.07) is 7.48. The molecule has 0 aliphatic carbocycles. The molecule has 1 N–H and O–H groups in total. The molecule has 4 rings (SSSR count). The van der Waals surface area contributed by atoms with Gasteiger partial charge in [-0.05, 0) is 30.2 Å². The number of carbonyl (C=O) groups is 1. The normalized spacial score (nSPS) is 14.1. The summed E-state index contributed by atoms with van der Waals surface area (Å²) in [6.45, 7) is 2.28. The number of hydrogen-bond donors (Lipinski definition) is 1. The van der Waals surface area contributed by atoms with E-state index in [1.54, 1.807) is 32.7 Å². The first-order chi connectivity index (χ1) is 15.2. The quantitative estimate of drug-likeness (QED) is 0.543. The number of likely N-dealkylation sites (tertiary alicyclic amines) is 1. The number of ether oxygens (including phenoxy) is 2. The van der Waals surface area contributed by atoms with Gasteiger partial charge in [0, 0.05) is 32.0 Å². The van der Waals surface area contributed by atoms with E-state index in [0.717, 1.165) is 5.56 Å². The van der Waals surface area contributed by atoms with Crippen molar-refractivity contribution in [3.63, 3.8) is 0 Å². The zero-order valence-corrected chi connectivity index (χ0v) is 17.4. The Labute approximate surface area is 179 Å². The number of hydrogen-bond acceptors (Lipinski definition) is 9. The Morgan fingerprint density at radius 1 is 1.16 bits per heavy atom. The van der Waals surface area contributed by atoms with E-state index in [9.17, 15) is 4.79 Å². The molecule has 162 valence electrons. The van der Waals surface area contributed by atoms with Crippen LogP contribution >= 0.6 is 0 Å². The first kappa shape index (κ1) is 20.7. The fourth-order valence-electron chi connectivity index (χ4n) is 3.40. The molecular weight excluding hydrogens is 400 g/mol. The number of rotatable bonds is 9. The molecule has 1 aliphatic heterocycles. The molecule has 0 unspecified atom stereocenters. The van der Waals surface area contributed by atoms with Crippen molar-refractivity contribution in [3.05, 3.63) is 48.1 Å². The topological polar surface area (TPSA) is 116 Å². The van der Waals surface area contributed by atoms with Gasteiger partial charge in [-0.15, -0.1) is 0 Å². The molecular formula is C21H24N6O4. The summed E-state index contributed by atoms with van der Waals surface area (Å²) in [5.74, 6) is 2.83. The smallest absolute Gasteiger partial charge is 0.240 e. The van der Waals surface area contributed by atoms with Crippen LogP contribution in [0.15, 0.2) is 41.2 Å². The number of nitrogens with one attached hydrogen (secondary N) is 1. The minimum Gasteiger partial charge on any atom is -0.493 e. The molecule has 31 heavy (non-hydrogen) atoms. The Bertz CT molecular complexity index is 1020. The van der Waals surface area contributed by atoms with Crippen molar-refractivity contribution in [3.8, 4) is 23.1 Å². The standard InChI is InChI=1S/C21H24N6O4/c1-29-16-5-4-14(10-17(16)30-2)6-9-22-18(28)13-27-11-15(12-27)21-25-20(26-31-21)19-23-7-3-8-24-19/h3-5,7-8,10,15H,6,9,11-13H2,1-2H3,(H,22,28). The van der Waals surface area contributed by atoms with Crippen molar-refractivity contribution in [1.82, 2.24) is 30.3 Å². The van der Waals surface area contributed by atoms with Crippen LogP contribution in [0.1, 0.15) is 17.4 Å². The van der Waals surface area contributed by atoms with Gasteiger partial charge in [0.15, 0.2) is 11.5 Å².